The SMILES string of the molecule is CC(O)O.CC(O)O.CC(O)O.CC(O)O.[Cu].[Cu].c1ccncc1.c1ccncc1. The molecule has 0 saturated carbocycles. The van der Waals surface area contributed by atoms with Gasteiger partial charge in [-0.25, -0.2) is 0 Å². The normalized spacial score (nSPS) is 8.00. The van der Waals surface area contributed by atoms with Crippen LogP contribution < -0.4 is 0 Å². The molecule has 30 heavy (non-hydrogen) atoms. The van der Waals surface area contributed by atoms with Crippen molar-refractivity contribution in [3.8, 4) is 0 Å². The second-order valence-electron chi connectivity index (χ2n) is 4.58. The third-order valence-corrected chi connectivity index (χ3v) is 1.13. The molecule has 0 atom stereocenters. The quantitative estimate of drug-likeness (QED) is 0.161. The van der Waals surface area contributed by atoms with Crippen LogP contribution in [0.25, 0.3) is 0 Å². The summed E-state index contributed by atoms with van der Waals surface area (Å²) in [4.78, 5) is 7.57. The van der Waals surface area contributed by atoms with Gasteiger partial charge in [0.25, 0.3) is 0 Å². The van der Waals surface area contributed by atoms with Crippen LogP contribution in [0.15, 0.2) is 61.2 Å². The Hall–Kier alpha value is -0.981. The fourth-order valence-electron chi connectivity index (χ4n) is 0.625. The molecule has 0 amide bonds. The molecule has 0 saturated heterocycles. The van der Waals surface area contributed by atoms with E-state index >= 15 is 0 Å². The first-order chi connectivity index (χ1) is 12.9. The van der Waals surface area contributed by atoms with Crippen molar-refractivity contribution in [3.63, 3.8) is 0 Å². The summed E-state index contributed by atoms with van der Waals surface area (Å²) in [5.41, 5.74) is 0. The van der Waals surface area contributed by atoms with Gasteiger partial charge in [-0.1, -0.05) is 12.1 Å². The molecule has 0 aliphatic carbocycles. The first kappa shape index (κ1) is 43.0. The van der Waals surface area contributed by atoms with Gasteiger partial charge in [-0.05, 0) is 52.0 Å². The third-order valence-electron chi connectivity index (χ3n) is 1.13. The molecule has 0 fully saturated rings. The number of aromatic nitrogens is 2. The Morgan fingerprint density at radius 2 is 0.533 bits per heavy atom. The average Bonchev–Trinajstić information content (AvgIpc) is 2.56. The van der Waals surface area contributed by atoms with Gasteiger partial charge in [-0.3, -0.25) is 9.97 Å². The Labute approximate surface area is 198 Å². The van der Waals surface area contributed by atoms with Gasteiger partial charge in [0.1, 0.15) is 25.2 Å². The number of nitrogens with zero attached hydrogens (tertiary/aromatic N) is 2. The molecule has 12 heteroatoms. The molecule has 2 radical (unpaired) electrons. The van der Waals surface area contributed by atoms with E-state index in [1.807, 2.05) is 36.4 Å². The Morgan fingerprint density at radius 1 is 0.400 bits per heavy atom. The molecule has 8 N–H and O–H groups in total. The van der Waals surface area contributed by atoms with E-state index < -0.39 is 25.2 Å². The first-order valence-electron chi connectivity index (χ1n) is 8.07. The van der Waals surface area contributed by atoms with Crippen LogP contribution in [0.1, 0.15) is 27.7 Å². The summed E-state index contributed by atoms with van der Waals surface area (Å²) in [7, 11) is 0. The van der Waals surface area contributed by atoms with Gasteiger partial charge >= 0.3 is 0 Å². The van der Waals surface area contributed by atoms with E-state index in [-0.39, 0.29) is 34.1 Å². The Balaban J connectivity index is -0.0000000577. The van der Waals surface area contributed by atoms with Crippen LogP contribution in [-0.4, -0.2) is 76.0 Å². The fourth-order valence-corrected chi connectivity index (χ4v) is 0.625. The molecule has 2 aromatic rings. The molecule has 2 rings (SSSR count). The minimum absolute atomic E-state index is 0. The zero-order valence-corrected chi connectivity index (χ0v) is 19.0. The van der Waals surface area contributed by atoms with E-state index in [0.29, 0.717) is 0 Å². The van der Waals surface area contributed by atoms with E-state index in [9.17, 15) is 0 Å². The maximum atomic E-state index is 7.61. The monoisotopic (exact) mass is 532 g/mol. The largest absolute Gasteiger partial charge is 0.368 e. The molecule has 0 spiro atoms. The first-order valence-corrected chi connectivity index (χ1v) is 8.07. The second kappa shape index (κ2) is 38.6. The van der Waals surface area contributed by atoms with Gasteiger partial charge in [0.15, 0.2) is 0 Å². The molecule has 2 heterocycles. The smallest absolute Gasteiger partial charge is 0.148 e. The molecule has 2 aromatic heterocycles. The zero-order chi connectivity index (χ0) is 22.8. The van der Waals surface area contributed by atoms with Gasteiger partial charge in [-0.2, -0.15) is 0 Å². The number of rotatable bonds is 0. The van der Waals surface area contributed by atoms with Gasteiger partial charge < -0.3 is 40.9 Å². The molecule has 0 unspecified atom stereocenters. The van der Waals surface area contributed by atoms with Crippen molar-refractivity contribution in [1.29, 1.82) is 0 Å². The Kier molecular flexibility index (Phi) is 55.3. The van der Waals surface area contributed by atoms with Crippen molar-refractivity contribution >= 4 is 0 Å². The van der Waals surface area contributed by atoms with Crippen LogP contribution in [0.3, 0.4) is 0 Å². The predicted octanol–water partition coefficient (Wildman–Crippen LogP) is -0.574. The van der Waals surface area contributed by atoms with Gasteiger partial charge in [0.05, 0.1) is 0 Å². The average molecular weight is 534 g/mol. The maximum Gasteiger partial charge on any atom is 0.148 e. The van der Waals surface area contributed by atoms with Crippen LogP contribution in [0.4, 0.5) is 0 Å². The minimum atomic E-state index is -1.17. The van der Waals surface area contributed by atoms with Crippen molar-refractivity contribution in [2.45, 2.75) is 52.9 Å². The van der Waals surface area contributed by atoms with Crippen molar-refractivity contribution in [3.05, 3.63) is 61.2 Å². The van der Waals surface area contributed by atoms with Crippen LogP contribution in [0, 0.1) is 0 Å². The third kappa shape index (κ3) is 151. The van der Waals surface area contributed by atoms with E-state index in [0.717, 1.165) is 0 Å². The number of pyridine rings is 2. The van der Waals surface area contributed by atoms with Gasteiger partial charge in [0, 0.05) is 58.9 Å². The van der Waals surface area contributed by atoms with Crippen LogP contribution in [0.5, 0.6) is 0 Å². The molecule has 0 aliphatic rings. The topological polar surface area (TPSA) is 188 Å². The Morgan fingerprint density at radius 3 is 0.567 bits per heavy atom. The van der Waals surface area contributed by atoms with E-state index in [2.05, 4.69) is 9.97 Å². The van der Waals surface area contributed by atoms with Gasteiger partial charge in [0.2, 0.25) is 0 Å². The van der Waals surface area contributed by atoms with Gasteiger partial charge in [-0.15, -0.1) is 0 Å². The molecule has 186 valence electrons. The maximum absolute atomic E-state index is 7.61. The summed E-state index contributed by atoms with van der Waals surface area (Å²) < 4.78 is 0. The molecule has 0 aliphatic heterocycles. The molecule has 10 nitrogen and oxygen atoms in total. The summed E-state index contributed by atoms with van der Waals surface area (Å²) in [6.07, 6.45) is 2.33. The summed E-state index contributed by atoms with van der Waals surface area (Å²) >= 11 is 0. The number of hydrogen-bond donors (Lipinski definition) is 8. The standard InChI is InChI=1S/2C5H5N.4C2H6O2.2Cu/c2*1-2-4-6-5-3-1;4*1-2(3)4;;/h2*1-5H;4*2-4H,1H3;;. The second-order valence-corrected chi connectivity index (χ2v) is 4.58. The van der Waals surface area contributed by atoms with Crippen molar-refractivity contribution in [2.75, 3.05) is 0 Å². The zero-order valence-electron chi connectivity index (χ0n) is 17.2. The van der Waals surface area contributed by atoms with E-state index in [4.69, 9.17) is 40.9 Å². The van der Waals surface area contributed by atoms with Crippen molar-refractivity contribution in [2.24, 2.45) is 0 Å². The molecular formula is C18H34Cu2N2O8. The fraction of sp³-hybridized carbons (Fsp3) is 0.444. The molecular weight excluding hydrogens is 499 g/mol. The van der Waals surface area contributed by atoms with Crippen LogP contribution in [-0.2, 0) is 34.1 Å². The summed E-state index contributed by atoms with van der Waals surface area (Å²) in [5, 5.41) is 60.9. The minimum Gasteiger partial charge on any atom is -0.368 e. The van der Waals surface area contributed by atoms with Crippen molar-refractivity contribution < 1.29 is 75.0 Å². The number of aliphatic hydroxyl groups is 8. The molecule has 0 aromatic carbocycles. The van der Waals surface area contributed by atoms with Crippen molar-refractivity contribution in [1.82, 2.24) is 9.97 Å². The predicted molar refractivity (Wildman–Crippen MR) is 104 cm³/mol. The van der Waals surface area contributed by atoms with E-state index in [1.54, 1.807) is 24.8 Å². The summed E-state index contributed by atoms with van der Waals surface area (Å²) in [6.45, 7) is 5.11. The van der Waals surface area contributed by atoms with E-state index in [1.165, 1.54) is 27.7 Å². The Bertz CT molecular complexity index is 337. The van der Waals surface area contributed by atoms with Crippen LogP contribution >= 0.6 is 0 Å². The summed E-state index contributed by atoms with van der Waals surface area (Å²) in [5.74, 6) is 0. The number of hydrogen-bond acceptors (Lipinski definition) is 10. The van der Waals surface area contributed by atoms with Crippen LogP contribution in [0.2, 0.25) is 0 Å². The molecule has 0 bridgehead atoms. The summed E-state index contributed by atoms with van der Waals surface area (Å²) in [6, 6.07) is 11.4. The number of aliphatic hydroxyl groups excluding tert-OH is 4.